The lowest BCUT2D eigenvalue weighted by Gasteiger charge is -2.25. The molecule has 0 radical (unpaired) electrons. The third-order valence-electron chi connectivity index (χ3n) is 6.00. The second-order valence-corrected chi connectivity index (χ2v) is 10.1. The Morgan fingerprint density at radius 1 is 1.13 bits per heavy atom. The van der Waals surface area contributed by atoms with Crippen LogP contribution in [0.2, 0.25) is 0 Å². The van der Waals surface area contributed by atoms with Crippen LogP contribution in [0.1, 0.15) is 60.8 Å². The Morgan fingerprint density at radius 2 is 1.79 bits per heavy atom. The van der Waals surface area contributed by atoms with Gasteiger partial charge < -0.3 is 24.3 Å². The number of hydrogen-bond acceptors (Lipinski definition) is 6. The van der Waals surface area contributed by atoms with Gasteiger partial charge in [-0.25, -0.2) is 9.59 Å². The van der Waals surface area contributed by atoms with E-state index in [1.807, 2.05) is 0 Å². The number of carboxylic acids is 1. The number of halogens is 3. The fourth-order valence-electron chi connectivity index (χ4n) is 4.52. The third kappa shape index (κ3) is 5.79. The molecule has 3 aromatic rings. The summed E-state index contributed by atoms with van der Waals surface area (Å²) in [5.74, 6) is -3.39. The number of aromatic carboxylic acids is 1. The summed E-state index contributed by atoms with van der Waals surface area (Å²) in [4.78, 5) is 40.4. The number of benzene rings is 2. The van der Waals surface area contributed by atoms with Crippen LogP contribution < -0.4 is 9.64 Å². The average molecular weight is 549 g/mol. The number of carbonyl (C=O) groups is 3. The molecule has 1 atom stereocenters. The highest BCUT2D eigenvalue weighted by Crippen LogP contribution is 2.49. The summed E-state index contributed by atoms with van der Waals surface area (Å²) >= 11 is 0. The van der Waals surface area contributed by atoms with Crippen LogP contribution in [0.3, 0.4) is 0 Å². The Kier molecular flexibility index (Phi) is 7.24. The van der Waals surface area contributed by atoms with Gasteiger partial charge in [-0.2, -0.15) is 13.2 Å². The van der Waals surface area contributed by atoms with Gasteiger partial charge in [0.2, 0.25) is 0 Å². The molecule has 0 spiro atoms. The molecule has 1 aliphatic rings. The molecule has 2 aromatic carbocycles. The molecule has 2 heterocycles. The number of ether oxygens (including phenoxy) is 3. The zero-order chi connectivity index (χ0) is 28.7. The maximum atomic E-state index is 14.0. The Labute approximate surface area is 221 Å². The molecule has 1 amide bonds. The van der Waals surface area contributed by atoms with Gasteiger partial charge in [-0.3, -0.25) is 9.69 Å². The van der Waals surface area contributed by atoms with Crippen molar-refractivity contribution >= 4 is 34.6 Å². The van der Waals surface area contributed by atoms with E-state index in [0.29, 0.717) is 5.56 Å². The Morgan fingerprint density at radius 3 is 2.36 bits per heavy atom. The summed E-state index contributed by atoms with van der Waals surface area (Å²) in [6, 6.07) is 10.2. The molecule has 1 aliphatic heterocycles. The zero-order valence-electron chi connectivity index (χ0n) is 21.6. The van der Waals surface area contributed by atoms with Crippen LogP contribution in [-0.2, 0) is 27.1 Å². The van der Waals surface area contributed by atoms with E-state index in [4.69, 9.17) is 14.2 Å². The molecular formula is C27H27F3N2O7. The summed E-state index contributed by atoms with van der Waals surface area (Å²) in [6.45, 7) is 5.66. The Bertz CT molecular complexity index is 1430. The second kappa shape index (κ2) is 10.2. The van der Waals surface area contributed by atoms with Gasteiger partial charge in [0.15, 0.2) is 0 Å². The van der Waals surface area contributed by atoms with Crippen molar-refractivity contribution in [2.75, 3.05) is 18.1 Å². The minimum absolute atomic E-state index is 0.0409. The number of amides is 1. The van der Waals surface area contributed by atoms with Crippen molar-refractivity contribution < 1.29 is 46.9 Å². The number of H-pyrrole nitrogens is 1. The zero-order valence-corrected chi connectivity index (χ0v) is 21.6. The first-order chi connectivity index (χ1) is 18.2. The largest absolute Gasteiger partial charge is 0.487 e. The fraction of sp³-hybridized carbons (Fsp3) is 0.370. The first-order valence-electron chi connectivity index (χ1n) is 12.0. The SMILES string of the molecule is CC(=O)OC[C@@H]1CN(C(=O)OC(C)(C)C)c2cc(OCc3ccccc3)c3[nH]c(C(F)(F)F)c(C(=O)O)c3c21. The number of carbonyl (C=O) groups excluding carboxylic acids is 2. The van der Waals surface area contributed by atoms with Crippen molar-refractivity contribution in [1.82, 2.24) is 4.98 Å². The van der Waals surface area contributed by atoms with Gasteiger partial charge in [0.1, 0.15) is 23.7 Å². The number of aromatic amines is 1. The molecular weight excluding hydrogens is 521 g/mol. The Balaban J connectivity index is 1.98. The standard InChI is InChI=1S/C27H27F3N2O7/c1-14(33)37-13-16-11-32(25(36)39-26(2,3)4)17-10-18(38-12-15-8-6-5-7-9-15)22-20(19(16)17)21(24(34)35)23(31-22)27(28,29)30/h5-10,16,31H,11-13H2,1-4H3,(H,34,35)/t16-/m0/s1. The van der Waals surface area contributed by atoms with Crippen LogP contribution in [0.15, 0.2) is 36.4 Å². The maximum Gasteiger partial charge on any atom is 0.432 e. The van der Waals surface area contributed by atoms with Crippen LogP contribution >= 0.6 is 0 Å². The lowest BCUT2D eigenvalue weighted by molar-refractivity contribution is -0.142. The van der Waals surface area contributed by atoms with Crippen LogP contribution in [0.5, 0.6) is 5.75 Å². The monoisotopic (exact) mass is 548 g/mol. The minimum atomic E-state index is -5.04. The lowest BCUT2D eigenvalue weighted by atomic mass is 9.94. The molecule has 4 rings (SSSR count). The first kappa shape index (κ1) is 27.8. The quantitative estimate of drug-likeness (QED) is 0.370. The molecule has 2 N–H and O–H groups in total. The number of alkyl halides is 3. The number of anilines is 1. The van der Waals surface area contributed by atoms with Gasteiger partial charge >= 0.3 is 24.2 Å². The molecule has 12 heteroatoms. The summed E-state index contributed by atoms with van der Waals surface area (Å²) in [5, 5.41) is 9.65. The second-order valence-electron chi connectivity index (χ2n) is 10.1. The number of carboxylic acid groups (broad SMARTS) is 1. The molecule has 39 heavy (non-hydrogen) atoms. The topological polar surface area (TPSA) is 118 Å². The van der Waals surface area contributed by atoms with E-state index in [2.05, 4.69) is 4.98 Å². The number of rotatable bonds is 6. The van der Waals surface area contributed by atoms with E-state index in [9.17, 15) is 32.7 Å². The van der Waals surface area contributed by atoms with Gasteiger partial charge in [0.25, 0.3) is 0 Å². The summed E-state index contributed by atoms with van der Waals surface area (Å²) in [5.41, 5.74) is -2.66. The number of hydrogen-bond donors (Lipinski definition) is 2. The molecule has 0 saturated carbocycles. The normalized spacial score (nSPS) is 15.3. The van der Waals surface area contributed by atoms with Crippen molar-refractivity contribution in [3.05, 3.63) is 58.8 Å². The number of esters is 1. The minimum Gasteiger partial charge on any atom is -0.487 e. The van der Waals surface area contributed by atoms with Crippen molar-refractivity contribution in [3.8, 4) is 5.75 Å². The van der Waals surface area contributed by atoms with Crippen LogP contribution in [0.25, 0.3) is 10.9 Å². The van der Waals surface area contributed by atoms with Crippen molar-refractivity contribution in [2.24, 2.45) is 0 Å². The average Bonchev–Trinajstić information content (AvgIpc) is 3.40. The third-order valence-corrected chi connectivity index (χ3v) is 6.00. The predicted molar refractivity (Wildman–Crippen MR) is 134 cm³/mol. The van der Waals surface area contributed by atoms with Crippen LogP contribution in [-0.4, -0.2) is 46.9 Å². The summed E-state index contributed by atoms with van der Waals surface area (Å²) < 4.78 is 58.6. The number of nitrogens with one attached hydrogen (secondary N) is 1. The van der Waals surface area contributed by atoms with E-state index in [-0.39, 0.29) is 47.7 Å². The highest BCUT2D eigenvalue weighted by atomic mass is 19.4. The molecule has 0 aliphatic carbocycles. The molecule has 9 nitrogen and oxygen atoms in total. The molecule has 0 saturated heterocycles. The summed E-state index contributed by atoms with van der Waals surface area (Å²) in [6.07, 6.45) is -5.84. The predicted octanol–water partition coefficient (Wildman–Crippen LogP) is 5.87. The molecule has 0 unspecified atom stereocenters. The van der Waals surface area contributed by atoms with Gasteiger partial charge in [0, 0.05) is 30.8 Å². The van der Waals surface area contributed by atoms with E-state index in [0.717, 1.165) is 0 Å². The van der Waals surface area contributed by atoms with Crippen molar-refractivity contribution in [2.45, 2.75) is 52.0 Å². The van der Waals surface area contributed by atoms with Crippen molar-refractivity contribution in [3.63, 3.8) is 0 Å². The van der Waals surface area contributed by atoms with Crippen molar-refractivity contribution in [1.29, 1.82) is 0 Å². The highest BCUT2D eigenvalue weighted by molar-refractivity contribution is 6.11. The molecule has 208 valence electrons. The molecule has 0 bridgehead atoms. The van der Waals surface area contributed by atoms with E-state index < -0.39 is 47.0 Å². The highest BCUT2D eigenvalue weighted by Gasteiger charge is 2.44. The van der Waals surface area contributed by atoms with E-state index in [1.54, 1.807) is 51.1 Å². The molecule has 0 fully saturated rings. The number of nitrogens with zero attached hydrogens (tertiary/aromatic N) is 1. The Hall–Kier alpha value is -4.22. The van der Waals surface area contributed by atoms with Crippen LogP contribution in [0.4, 0.5) is 23.7 Å². The van der Waals surface area contributed by atoms with Gasteiger partial charge in [-0.15, -0.1) is 0 Å². The van der Waals surface area contributed by atoms with Crippen LogP contribution in [0, 0.1) is 0 Å². The number of fused-ring (bicyclic) bond motifs is 3. The summed E-state index contributed by atoms with van der Waals surface area (Å²) in [7, 11) is 0. The molecule has 1 aromatic heterocycles. The van der Waals surface area contributed by atoms with E-state index in [1.165, 1.54) is 17.9 Å². The first-order valence-corrected chi connectivity index (χ1v) is 12.0. The smallest absolute Gasteiger partial charge is 0.432 e. The fourth-order valence-corrected chi connectivity index (χ4v) is 4.52. The number of aromatic nitrogens is 1. The van der Waals surface area contributed by atoms with E-state index >= 15 is 0 Å². The van der Waals surface area contributed by atoms with Gasteiger partial charge in [-0.05, 0) is 31.9 Å². The lowest BCUT2D eigenvalue weighted by Crippen LogP contribution is -2.36. The maximum absolute atomic E-state index is 14.0. The van der Waals surface area contributed by atoms with Gasteiger partial charge in [0.05, 0.1) is 23.4 Å². The van der Waals surface area contributed by atoms with Gasteiger partial charge in [-0.1, -0.05) is 30.3 Å².